The normalized spacial score (nSPS) is 18.8. The fourth-order valence-corrected chi connectivity index (χ4v) is 2.58. The van der Waals surface area contributed by atoms with Crippen LogP contribution in [0.5, 0.6) is 5.75 Å². The zero-order chi connectivity index (χ0) is 13.0. The SMILES string of the molecule is CCC(CC)COc1ccc2c(c1)C(O)CCC2. The summed E-state index contributed by atoms with van der Waals surface area (Å²) in [6, 6.07) is 6.18. The van der Waals surface area contributed by atoms with Gasteiger partial charge in [0, 0.05) is 0 Å². The van der Waals surface area contributed by atoms with Crippen LogP contribution in [0.25, 0.3) is 0 Å². The van der Waals surface area contributed by atoms with E-state index in [1.165, 1.54) is 5.56 Å². The maximum atomic E-state index is 10.00. The third-order valence-corrected chi connectivity index (χ3v) is 4.04. The first kappa shape index (κ1) is 13.4. The van der Waals surface area contributed by atoms with E-state index in [1.54, 1.807) is 0 Å². The lowest BCUT2D eigenvalue weighted by Crippen LogP contribution is -2.12. The molecule has 1 aromatic carbocycles. The predicted octanol–water partition coefficient (Wildman–Crippen LogP) is 3.87. The molecule has 1 aromatic rings. The standard InChI is InChI=1S/C16H24O2/c1-3-12(4-2)11-18-14-9-8-13-6-5-7-16(17)15(13)10-14/h8-10,12,16-17H,3-7,11H2,1-2H3. The summed E-state index contributed by atoms with van der Waals surface area (Å²) in [5.41, 5.74) is 2.35. The highest BCUT2D eigenvalue weighted by atomic mass is 16.5. The maximum absolute atomic E-state index is 10.00. The quantitative estimate of drug-likeness (QED) is 0.857. The minimum absolute atomic E-state index is 0.301. The number of aliphatic hydroxyl groups is 1. The van der Waals surface area contributed by atoms with Crippen molar-refractivity contribution in [2.75, 3.05) is 6.61 Å². The molecule has 0 amide bonds. The number of hydrogen-bond acceptors (Lipinski definition) is 2. The van der Waals surface area contributed by atoms with Gasteiger partial charge in [-0.15, -0.1) is 0 Å². The Balaban J connectivity index is 2.04. The highest BCUT2D eigenvalue weighted by Crippen LogP contribution is 2.32. The van der Waals surface area contributed by atoms with Crippen molar-refractivity contribution in [1.29, 1.82) is 0 Å². The van der Waals surface area contributed by atoms with Crippen LogP contribution in [0.15, 0.2) is 18.2 Å². The Morgan fingerprint density at radius 3 is 2.83 bits per heavy atom. The van der Waals surface area contributed by atoms with Crippen molar-refractivity contribution in [2.24, 2.45) is 5.92 Å². The van der Waals surface area contributed by atoms with E-state index in [-0.39, 0.29) is 6.10 Å². The largest absolute Gasteiger partial charge is 0.493 e. The zero-order valence-corrected chi connectivity index (χ0v) is 11.5. The molecule has 2 nitrogen and oxygen atoms in total. The van der Waals surface area contributed by atoms with Gasteiger partial charge in [-0.25, -0.2) is 0 Å². The second kappa shape index (κ2) is 6.24. The molecule has 0 radical (unpaired) electrons. The molecule has 2 heteroatoms. The summed E-state index contributed by atoms with van der Waals surface area (Å²) < 4.78 is 5.85. The fraction of sp³-hybridized carbons (Fsp3) is 0.625. The number of ether oxygens (including phenoxy) is 1. The Bertz CT molecular complexity index is 383. The number of hydrogen-bond donors (Lipinski definition) is 1. The van der Waals surface area contributed by atoms with Gasteiger partial charge in [0.2, 0.25) is 0 Å². The van der Waals surface area contributed by atoms with Crippen LogP contribution in [-0.4, -0.2) is 11.7 Å². The molecule has 100 valence electrons. The van der Waals surface area contributed by atoms with E-state index in [0.717, 1.165) is 50.0 Å². The summed E-state index contributed by atoms with van der Waals surface area (Å²) in [5.74, 6) is 1.53. The second-order valence-corrected chi connectivity index (χ2v) is 5.26. The number of aryl methyl sites for hydroxylation is 1. The molecule has 0 fully saturated rings. The molecule has 2 rings (SSSR count). The molecule has 0 saturated carbocycles. The summed E-state index contributed by atoms with van der Waals surface area (Å²) in [6.45, 7) is 5.18. The summed E-state index contributed by atoms with van der Waals surface area (Å²) in [4.78, 5) is 0. The van der Waals surface area contributed by atoms with Crippen molar-refractivity contribution in [3.05, 3.63) is 29.3 Å². The van der Waals surface area contributed by atoms with Gasteiger partial charge >= 0.3 is 0 Å². The summed E-state index contributed by atoms with van der Waals surface area (Å²) in [7, 11) is 0. The average Bonchev–Trinajstić information content (AvgIpc) is 2.41. The molecule has 18 heavy (non-hydrogen) atoms. The predicted molar refractivity (Wildman–Crippen MR) is 73.9 cm³/mol. The van der Waals surface area contributed by atoms with Crippen molar-refractivity contribution in [3.63, 3.8) is 0 Å². The molecule has 1 unspecified atom stereocenters. The van der Waals surface area contributed by atoms with Crippen molar-refractivity contribution >= 4 is 0 Å². The topological polar surface area (TPSA) is 29.5 Å². The zero-order valence-electron chi connectivity index (χ0n) is 11.5. The van der Waals surface area contributed by atoms with E-state index in [0.29, 0.717) is 5.92 Å². The highest BCUT2D eigenvalue weighted by Gasteiger charge is 2.18. The molecule has 0 aromatic heterocycles. The third kappa shape index (κ3) is 3.05. The molecule has 0 aliphatic heterocycles. The van der Waals surface area contributed by atoms with Crippen LogP contribution in [0.2, 0.25) is 0 Å². The Labute approximate surface area is 110 Å². The van der Waals surface area contributed by atoms with Gasteiger partial charge in [0.25, 0.3) is 0 Å². The number of aliphatic hydroxyl groups excluding tert-OH is 1. The van der Waals surface area contributed by atoms with E-state index < -0.39 is 0 Å². The van der Waals surface area contributed by atoms with Gasteiger partial charge in [-0.05, 0) is 48.4 Å². The monoisotopic (exact) mass is 248 g/mol. The molecular weight excluding hydrogens is 224 g/mol. The Morgan fingerprint density at radius 2 is 2.11 bits per heavy atom. The molecule has 0 saturated heterocycles. The molecule has 0 bridgehead atoms. The summed E-state index contributed by atoms with van der Waals surface area (Å²) >= 11 is 0. The van der Waals surface area contributed by atoms with Crippen LogP contribution in [0.4, 0.5) is 0 Å². The van der Waals surface area contributed by atoms with Crippen LogP contribution >= 0.6 is 0 Å². The van der Waals surface area contributed by atoms with E-state index in [1.807, 2.05) is 12.1 Å². The van der Waals surface area contributed by atoms with E-state index in [9.17, 15) is 5.11 Å². The Morgan fingerprint density at radius 1 is 1.33 bits per heavy atom. The van der Waals surface area contributed by atoms with E-state index in [4.69, 9.17) is 4.74 Å². The van der Waals surface area contributed by atoms with Crippen LogP contribution in [0.3, 0.4) is 0 Å². The Hall–Kier alpha value is -1.02. The molecule has 0 heterocycles. The van der Waals surface area contributed by atoms with Gasteiger partial charge in [0.15, 0.2) is 0 Å². The first-order valence-corrected chi connectivity index (χ1v) is 7.18. The van der Waals surface area contributed by atoms with Gasteiger partial charge in [0.05, 0.1) is 12.7 Å². The van der Waals surface area contributed by atoms with Crippen LogP contribution in [0.1, 0.15) is 56.8 Å². The van der Waals surface area contributed by atoms with Crippen molar-refractivity contribution < 1.29 is 9.84 Å². The first-order valence-electron chi connectivity index (χ1n) is 7.18. The molecule has 1 atom stereocenters. The van der Waals surface area contributed by atoms with Crippen molar-refractivity contribution in [2.45, 2.75) is 52.1 Å². The lowest BCUT2D eigenvalue weighted by Gasteiger charge is -2.22. The van der Waals surface area contributed by atoms with Gasteiger partial charge < -0.3 is 9.84 Å². The van der Waals surface area contributed by atoms with Crippen molar-refractivity contribution in [3.8, 4) is 5.75 Å². The van der Waals surface area contributed by atoms with Crippen molar-refractivity contribution in [1.82, 2.24) is 0 Å². The Kier molecular flexibility index (Phi) is 4.65. The second-order valence-electron chi connectivity index (χ2n) is 5.26. The molecule has 1 N–H and O–H groups in total. The third-order valence-electron chi connectivity index (χ3n) is 4.04. The molecule has 0 spiro atoms. The minimum Gasteiger partial charge on any atom is -0.493 e. The summed E-state index contributed by atoms with van der Waals surface area (Å²) in [5, 5.41) is 10.00. The number of fused-ring (bicyclic) bond motifs is 1. The van der Waals surface area contributed by atoms with Gasteiger partial charge in [-0.2, -0.15) is 0 Å². The van der Waals surface area contributed by atoms with E-state index in [2.05, 4.69) is 19.9 Å². The molecule has 1 aliphatic rings. The number of benzene rings is 1. The van der Waals surface area contributed by atoms with Gasteiger partial charge in [-0.1, -0.05) is 32.8 Å². The van der Waals surface area contributed by atoms with Gasteiger partial charge in [0.1, 0.15) is 5.75 Å². The van der Waals surface area contributed by atoms with Crippen LogP contribution in [-0.2, 0) is 6.42 Å². The van der Waals surface area contributed by atoms with E-state index >= 15 is 0 Å². The first-order chi connectivity index (χ1) is 8.74. The van der Waals surface area contributed by atoms with Gasteiger partial charge in [-0.3, -0.25) is 0 Å². The summed E-state index contributed by atoms with van der Waals surface area (Å²) in [6.07, 6.45) is 5.06. The fourth-order valence-electron chi connectivity index (χ4n) is 2.58. The number of rotatable bonds is 5. The molecular formula is C16H24O2. The van der Waals surface area contributed by atoms with Crippen LogP contribution < -0.4 is 4.74 Å². The minimum atomic E-state index is -0.301. The molecule has 1 aliphatic carbocycles. The maximum Gasteiger partial charge on any atom is 0.119 e. The van der Waals surface area contributed by atoms with Crippen LogP contribution in [0, 0.1) is 5.92 Å². The lowest BCUT2D eigenvalue weighted by molar-refractivity contribution is 0.155. The smallest absolute Gasteiger partial charge is 0.119 e. The lowest BCUT2D eigenvalue weighted by atomic mass is 9.89. The average molecular weight is 248 g/mol. The highest BCUT2D eigenvalue weighted by molar-refractivity contribution is 5.38.